The largest absolute Gasteiger partial charge is 0.492 e. The van der Waals surface area contributed by atoms with Crippen LogP contribution in [0.1, 0.15) is 6.92 Å². The Morgan fingerprint density at radius 3 is 2.83 bits per heavy atom. The summed E-state index contributed by atoms with van der Waals surface area (Å²) in [7, 11) is 0. The number of halogens is 1. The summed E-state index contributed by atoms with van der Waals surface area (Å²) in [6, 6.07) is 14.2. The van der Waals surface area contributed by atoms with E-state index in [2.05, 4.69) is 15.4 Å². The second-order valence-corrected chi connectivity index (χ2v) is 6.86. The number of nitrogens with one attached hydrogen (secondary N) is 1. The number of para-hydroxylation sites is 2. The molecule has 0 saturated heterocycles. The maximum absolute atomic E-state index is 12.8. The third-order valence-electron chi connectivity index (χ3n) is 4.38. The van der Waals surface area contributed by atoms with Crippen LogP contribution in [0.15, 0.2) is 65.8 Å². The van der Waals surface area contributed by atoms with Crippen molar-refractivity contribution in [1.82, 2.24) is 19.3 Å². The second-order valence-electron chi connectivity index (χ2n) is 6.43. The zero-order valence-electron chi connectivity index (χ0n) is 16.1. The number of rotatable bonds is 6. The molecular formula is C21H18ClN5O3. The van der Waals surface area contributed by atoms with Crippen LogP contribution in [-0.2, 0) is 11.3 Å². The van der Waals surface area contributed by atoms with E-state index in [0.29, 0.717) is 39.8 Å². The van der Waals surface area contributed by atoms with Gasteiger partial charge in [-0.2, -0.15) is 5.10 Å². The summed E-state index contributed by atoms with van der Waals surface area (Å²) in [5.41, 5.74) is 1.26. The molecule has 30 heavy (non-hydrogen) atoms. The number of fused-ring (bicyclic) bond motifs is 1. The van der Waals surface area contributed by atoms with Crippen molar-refractivity contribution in [2.45, 2.75) is 13.5 Å². The van der Waals surface area contributed by atoms with E-state index in [1.807, 2.05) is 19.1 Å². The molecular weight excluding hydrogens is 406 g/mol. The van der Waals surface area contributed by atoms with Crippen LogP contribution in [0, 0.1) is 0 Å². The minimum absolute atomic E-state index is 0.190. The van der Waals surface area contributed by atoms with E-state index >= 15 is 0 Å². The summed E-state index contributed by atoms with van der Waals surface area (Å²) in [5.74, 6) is 0.199. The number of carbonyl (C=O) groups excluding carboxylic acids is 1. The first-order chi connectivity index (χ1) is 14.6. The van der Waals surface area contributed by atoms with Gasteiger partial charge in [0.2, 0.25) is 5.91 Å². The molecule has 2 aromatic carbocycles. The van der Waals surface area contributed by atoms with Gasteiger partial charge in [0.05, 0.1) is 24.2 Å². The van der Waals surface area contributed by atoms with Crippen LogP contribution in [-0.4, -0.2) is 31.8 Å². The molecule has 0 fully saturated rings. The Hall–Kier alpha value is -3.65. The number of benzene rings is 2. The first kappa shape index (κ1) is 19.7. The predicted octanol–water partition coefficient (Wildman–Crippen LogP) is 3.27. The molecule has 2 heterocycles. The van der Waals surface area contributed by atoms with E-state index in [9.17, 15) is 9.59 Å². The second kappa shape index (κ2) is 8.38. The molecule has 0 aliphatic carbocycles. The Balaban J connectivity index is 1.59. The van der Waals surface area contributed by atoms with Gasteiger partial charge >= 0.3 is 0 Å². The average molecular weight is 424 g/mol. The summed E-state index contributed by atoms with van der Waals surface area (Å²) in [4.78, 5) is 29.7. The van der Waals surface area contributed by atoms with Crippen LogP contribution in [0.5, 0.6) is 5.75 Å². The third-order valence-corrected chi connectivity index (χ3v) is 4.62. The standard InChI is InChI=1S/C21H18ClN5O3/c1-2-30-18-9-4-3-8-17(18)25-19(28)12-26-13-23-20-16(21(26)29)11-24-27(20)15-7-5-6-14(22)10-15/h3-11,13H,2,12H2,1H3,(H,25,28). The molecule has 2 aromatic heterocycles. The number of hydrogen-bond acceptors (Lipinski definition) is 5. The highest BCUT2D eigenvalue weighted by molar-refractivity contribution is 6.30. The lowest BCUT2D eigenvalue weighted by molar-refractivity contribution is -0.116. The molecule has 152 valence electrons. The highest BCUT2D eigenvalue weighted by Gasteiger charge is 2.14. The van der Waals surface area contributed by atoms with Crippen molar-refractivity contribution in [3.63, 3.8) is 0 Å². The van der Waals surface area contributed by atoms with Crippen molar-refractivity contribution < 1.29 is 9.53 Å². The maximum Gasteiger partial charge on any atom is 0.264 e. The van der Waals surface area contributed by atoms with Crippen molar-refractivity contribution in [1.29, 1.82) is 0 Å². The van der Waals surface area contributed by atoms with Gasteiger partial charge in [0.25, 0.3) is 5.56 Å². The summed E-state index contributed by atoms with van der Waals surface area (Å²) in [5, 5.41) is 7.88. The van der Waals surface area contributed by atoms with Crippen LogP contribution >= 0.6 is 11.6 Å². The predicted molar refractivity (Wildman–Crippen MR) is 114 cm³/mol. The molecule has 0 unspecified atom stereocenters. The topological polar surface area (TPSA) is 91.0 Å². The smallest absolute Gasteiger partial charge is 0.264 e. The van der Waals surface area contributed by atoms with Gasteiger partial charge in [-0.3, -0.25) is 14.2 Å². The van der Waals surface area contributed by atoms with E-state index in [-0.39, 0.29) is 18.0 Å². The van der Waals surface area contributed by atoms with E-state index < -0.39 is 0 Å². The Labute approximate surface area is 176 Å². The first-order valence-corrected chi connectivity index (χ1v) is 9.65. The molecule has 0 radical (unpaired) electrons. The van der Waals surface area contributed by atoms with Crippen LogP contribution in [0.3, 0.4) is 0 Å². The van der Waals surface area contributed by atoms with E-state index in [4.69, 9.17) is 16.3 Å². The van der Waals surface area contributed by atoms with Crippen molar-refractivity contribution >= 4 is 34.2 Å². The van der Waals surface area contributed by atoms with Gasteiger partial charge in [-0.1, -0.05) is 29.8 Å². The molecule has 0 atom stereocenters. The monoisotopic (exact) mass is 423 g/mol. The van der Waals surface area contributed by atoms with Crippen molar-refractivity contribution in [2.75, 3.05) is 11.9 Å². The number of amides is 1. The zero-order valence-corrected chi connectivity index (χ0v) is 16.8. The highest BCUT2D eigenvalue weighted by Crippen LogP contribution is 2.23. The Morgan fingerprint density at radius 1 is 1.20 bits per heavy atom. The highest BCUT2D eigenvalue weighted by atomic mass is 35.5. The fourth-order valence-corrected chi connectivity index (χ4v) is 3.24. The minimum Gasteiger partial charge on any atom is -0.492 e. The quantitative estimate of drug-likeness (QED) is 0.514. The molecule has 0 spiro atoms. The summed E-state index contributed by atoms with van der Waals surface area (Å²) >= 11 is 6.04. The SMILES string of the molecule is CCOc1ccccc1NC(=O)Cn1cnc2c(cnn2-c2cccc(Cl)c2)c1=O. The van der Waals surface area contributed by atoms with Crippen molar-refractivity contribution in [3.8, 4) is 11.4 Å². The molecule has 0 saturated carbocycles. The molecule has 4 aromatic rings. The van der Waals surface area contributed by atoms with Crippen LogP contribution in [0.2, 0.25) is 5.02 Å². The number of anilines is 1. The number of ether oxygens (including phenoxy) is 1. The lowest BCUT2D eigenvalue weighted by Crippen LogP contribution is -2.28. The molecule has 0 aliphatic heterocycles. The summed E-state index contributed by atoms with van der Waals surface area (Å²) in [6.45, 7) is 2.15. The Bertz CT molecular complexity index is 1280. The number of hydrogen-bond donors (Lipinski definition) is 1. The summed E-state index contributed by atoms with van der Waals surface area (Å²) in [6.07, 6.45) is 2.77. The summed E-state index contributed by atoms with van der Waals surface area (Å²) < 4.78 is 8.28. The average Bonchev–Trinajstić information content (AvgIpc) is 3.17. The molecule has 1 N–H and O–H groups in total. The van der Waals surface area contributed by atoms with E-state index in [0.717, 1.165) is 0 Å². The van der Waals surface area contributed by atoms with Crippen LogP contribution < -0.4 is 15.6 Å². The van der Waals surface area contributed by atoms with Crippen molar-refractivity contribution in [2.24, 2.45) is 0 Å². The number of nitrogens with zero attached hydrogens (tertiary/aromatic N) is 4. The first-order valence-electron chi connectivity index (χ1n) is 9.27. The molecule has 4 rings (SSSR count). The molecule has 9 heteroatoms. The fourth-order valence-electron chi connectivity index (χ4n) is 3.05. The Morgan fingerprint density at radius 2 is 2.03 bits per heavy atom. The van der Waals surface area contributed by atoms with Gasteiger partial charge in [0.1, 0.15) is 24.0 Å². The Kier molecular flexibility index (Phi) is 5.49. The molecule has 8 nitrogen and oxygen atoms in total. The van der Waals surface area contributed by atoms with Crippen molar-refractivity contribution in [3.05, 3.63) is 76.4 Å². The van der Waals surface area contributed by atoms with Gasteiger partial charge in [0, 0.05) is 5.02 Å². The van der Waals surface area contributed by atoms with Gasteiger partial charge in [-0.15, -0.1) is 0 Å². The zero-order chi connectivity index (χ0) is 21.1. The fraction of sp³-hybridized carbons (Fsp3) is 0.143. The van der Waals surface area contributed by atoms with Crippen LogP contribution in [0.4, 0.5) is 5.69 Å². The third kappa shape index (κ3) is 3.90. The molecule has 1 amide bonds. The lowest BCUT2D eigenvalue weighted by atomic mass is 10.3. The lowest BCUT2D eigenvalue weighted by Gasteiger charge is -2.12. The molecule has 0 bridgehead atoms. The minimum atomic E-state index is -0.368. The van der Waals surface area contributed by atoms with Gasteiger partial charge in [0.15, 0.2) is 5.65 Å². The van der Waals surface area contributed by atoms with Crippen LogP contribution in [0.25, 0.3) is 16.7 Å². The van der Waals surface area contributed by atoms with E-state index in [1.54, 1.807) is 36.4 Å². The number of carbonyl (C=O) groups is 1. The molecule has 0 aliphatic rings. The normalized spacial score (nSPS) is 10.9. The van der Waals surface area contributed by atoms with Gasteiger partial charge in [-0.25, -0.2) is 9.67 Å². The van der Waals surface area contributed by atoms with Gasteiger partial charge < -0.3 is 10.1 Å². The van der Waals surface area contributed by atoms with E-state index in [1.165, 1.54) is 21.8 Å². The van der Waals surface area contributed by atoms with Gasteiger partial charge in [-0.05, 0) is 37.3 Å². The maximum atomic E-state index is 12.8. The number of aromatic nitrogens is 4.